The first kappa shape index (κ1) is 13.7. The Morgan fingerprint density at radius 3 is 2.68 bits per heavy atom. The average molecular weight is 269 g/mol. The van der Waals surface area contributed by atoms with Crippen LogP contribution in [0, 0.1) is 11.6 Å². The molecule has 2 rings (SSSR count). The Kier molecular flexibility index (Phi) is 3.45. The Balaban J connectivity index is 2.54. The van der Waals surface area contributed by atoms with Crippen molar-refractivity contribution in [2.24, 2.45) is 0 Å². The van der Waals surface area contributed by atoms with Gasteiger partial charge in [0.25, 0.3) is 0 Å². The van der Waals surface area contributed by atoms with Crippen molar-refractivity contribution in [2.45, 2.75) is 32.9 Å². The molecular weight excluding hydrogens is 252 g/mol. The molecule has 0 aliphatic heterocycles. The first-order valence-corrected chi connectivity index (χ1v) is 6.09. The van der Waals surface area contributed by atoms with Gasteiger partial charge < -0.3 is 15.0 Å². The van der Waals surface area contributed by atoms with Gasteiger partial charge in [-0.05, 0) is 32.9 Å². The van der Waals surface area contributed by atoms with Crippen LogP contribution in [0.2, 0.25) is 0 Å². The van der Waals surface area contributed by atoms with Gasteiger partial charge in [0.05, 0.1) is 17.7 Å². The molecule has 0 amide bonds. The molecule has 0 saturated heterocycles. The van der Waals surface area contributed by atoms with E-state index in [1.807, 2.05) is 20.8 Å². The quantitative estimate of drug-likeness (QED) is 0.928. The summed E-state index contributed by atoms with van der Waals surface area (Å²) in [4.78, 5) is 4.04. The van der Waals surface area contributed by atoms with Crippen molar-refractivity contribution >= 4 is 17.0 Å². The number of halogens is 2. The first-order chi connectivity index (χ1) is 8.85. The number of hydrogen-bond acceptors (Lipinski definition) is 3. The lowest BCUT2D eigenvalue weighted by molar-refractivity contribution is -0.0213. The molecule has 0 spiro atoms. The fraction of sp³-hybridized carbons (Fsp3) is 0.462. The van der Waals surface area contributed by atoms with Crippen molar-refractivity contribution in [3.8, 4) is 0 Å². The molecule has 0 bridgehead atoms. The molecular formula is C13H17F2N3O. The van der Waals surface area contributed by atoms with Crippen molar-refractivity contribution in [2.75, 3.05) is 12.3 Å². The lowest BCUT2D eigenvalue weighted by Crippen LogP contribution is -2.31. The van der Waals surface area contributed by atoms with E-state index in [0.717, 1.165) is 6.07 Å². The molecule has 0 aliphatic carbocycles. The minimum Gasteiger partial charge on any atom is -0.374 e. The van der Waals surface area contributed by atoms with Crippen LogP contribution in [0.3, 0.4) is 0 Å². The normalized spacial score (nSPS) is 12.3. The van der Waals surface area contributed by atoms with Crippen LogP contribution >= 0.6 is 0 Å². The zero-order valence-electron chi connectivity index (χ0n) is 11.2. The van der Waals surface area contributed by atoms with E-state index in [4.69, 9.17) is 10.5 Å². The molecule has 1 aromatic carbocycles. The van der Waals surface area contributed by atoms with Gasteiger partial charge >= 0.3 is 0 Å². The number of hydrogen-bond donors (Lipinski definition) is 1. The maximum atomic E-state index is 13.9. The SMILES string of the molecule is CCOC(C)(C)Cn1c(N)nc2ccc(F)c(F)c21. The third-order valence-electron chi connectivity index (χ3n) is 2.90. The van der Waals surface area contributed by atoms with Gasteiger partial charge in [0.1, 0.15) is 5.52 Å². The summed E-state index contributed by atoms with van der Waals surface area (Å²) in [6.45, 7) is 6.41. The van der Waals surface area contributed by atoms with Crippen LogP contribution < -0.4 is 5.73 Å². The summed E-state index contributed by atoms with van der Waals surface area (Å²) < 4.78 is 34.2. The predicted molar refractivity (Wildman–Crippen MR) is 69.8 cm³/mol. The van der Waals surface area contributed by atoms with Crippen LogP contribution in [0.5, 0.6) is 0 Å². The Bertz CT molecular complexity index is 607. The van der Waals surface area contributed by atoms with Crippen molar-refractivity contribution in [3.63, 3.8) is 0 Å². The standard InChI is InChI=1S/C13H17F2N3O/c1-4-19-13(2,3)7-18-11-9(17-12(18)16)6-5-8(14)10(11)15/h5-6H,4,7H2,1-3H3,(H2,16,17). The summed E-state index contributed by atoms with van der Waals surface area (Å²) >= 11 is 0. The van der Waals surface area contributed by atoms with Gasteiger partial charge in [-0.15, -0.1) is 0 Å². The topological polar surface area (TPSA) is 53.1 Å². The summed E-state index contributed by atoms with van der Waals surface area (Å²) in [6, 6.07) is 2.45. The molecule has 19 heavy (non-hydrogen) atoms. The van der Waals surface area contributed by atoms with Crippen LogP contribution in [-0.2, 0) is 11.3 Å². The van der Waals surface area contributed by atoms with E-state index in [9.17, 15) is 8.78 Å². The van der Waals surface area contributed by atoms with Gasteiger partial charge in [0, 0.05) is 6.61 Å². The van der Waals surface area contributed by atoms with Crippen LogP contribution in [-0.4, -0.2) is 21.8 Å². The molecule has 1 aromatic heterocycles. The molecule has 1 heterocycles. The number of nitrogen functional groups attached to an aromatic ring is 1. The molecule has 4 nitrogen and oxygen atoms in total. The predicted octanol–water partition coefficient (Wildman–Crippen LogP) is 2.71. The second-order valence-electron chi connectivity index (χ2n) is 4.98. The second-order valence-corrected chi connectivity index (χ2v) is 4.98. The fourth-order valence-corrected chi connectivity index (χ4v) is 2.15. The van der Waals surface area contributed by atoms with E-state index in [2.05, 4.69) is 4.98 Å². The van der Waals surface area contributed by atoms with E-state index >= 15 is 0 Å². The number of anilines is 1. The lowest BCUT2D eigenvalue weighted by atomic mass is 10.1. The Labute approximate surface area is 110 Å². The number of ether oxygens (including phenoxy) is 1. The van der Waals surface area contributed by atoms with Crippen LogP contribution in [0.25, 0.3) is 11.0 Å². The Morgan fingerprint density at radius 2 is 2.05 bits per heavy atom. The van der Waals surface area contributed by atoms with Crippen LogP contribution in [0.1, 0.15) is 20.8 Å². The Morgan fingerprint density at radius 1 is 1.37 bits per heavy atom. The number of nitrogens with zero attached hydrogens (tertiary/aromatic N) is 2. The molecule has 104 valence electrons. The number of fused-ring (bicyclic) bond motifs is 1. The van der Waals surface area contributed by atoms with Gasteiger partial charge in [-0.2, -0.15) is 0 Å². The smallest absolute Gasteiger partial charge is 0.201 e. The minimum atomic E-state index is -0.936. The molecule has 0 atom stereocenters. The average Bonchev–Trinajstić information content (AvgIpc) is 2.61. The third-order valence-corrected chi connectivity index (χ3v) is 2.90. The highest BCUT2D eigenvalue weighted by molar-refractivity contribution is 5.79. The maximum Gasteiger partial charge on any atom is 0.201 e. The monoisotopic (exact) mass is 269 g/mol. The zero-order valence-corrected chi connectivity index (χ0v) is 11.2. The van der Waals surface area contributed by atoms with Gasteiger partial charge in [-0.1, -0.05) is 0 Å². The highest BCUT2D eigenvalue weighted by atomic mass is 19.2. The van der Waals surface area contributed by atoms with Gasteiger partial charge in [-0.3, -0.25) is 0 Å². The van der Waals surface area contributed by atoms with E-state index in [1.165, 1.54) is 10.6 Å². The summed E-state index contributed by atoms with van der Waals surface area (Å²) in [7, 11) is 0. The van der Waals surface area contributed by atoms with Gasteiger partial charge in [-0.25, -0.2) is 13.8 Å². The summed E-state index contributed by atoms with van der Waals surface area (Å²) in [5.41, 5.74) is 5.65. The largest absolute Gasteiger partial charge is 0.374 e. The van der Waals surface area contributed by atoms with Crippen molar-refractivity contribution in [1.29, 1.82) is 0 Å². The van der Waals surface area contributed by atoms with Crippen molar-refractivity contribution in [1.82, 2.24) is 9.55 Å². The van der Waals surface area contributed by atoms with Gasteiger partial charge in [0.15, 0.2) is 11.6 Å². The first-order valence-electron chi connectivity index (χ1n) is 6.09. The summed E-state index contributed by atoms with van der Waals surface area (Å²) in [6.07, 6.45) is 0. The van der Waals surface area contributed by atoms with Crippen molar-refractivity contribution < 1.29 is 13.5 Å². The highest BCUT2D eigenvalue weighted by Gasteiger charge is 2.23. The highest BCUT2D eigenvalue weighted by Crippen LogP contribution is 2.25. The molecule has 0 fully saturated rings. The molecule has 0 unspecified atom stereocenters. The summed E-state index contributed by atoms with van der Waals surface area (Å²) in [5.74, 6) is -1.70. The maximum absolute atomic E-state index is 13.9. The fourth-order valence-electron chi connectivity index (χ4n) is 2.15. The number of imidazole rings is 1. The van der Waals surface area contributed by atoms with E-state index in [-0.39, 0.29) is 11.5 Å². The van der Waals surface area contributed by atoms with Crippen LogP contribution in [0.4, 0.5) is 14.7 Å². The molecule has 2 aromatic rings. The zero-order chi connectivity index (χ0) is 14.2. The van der Waals surface area contributed by atoms with Crippen molar-refractivity contribution in [3.05, 3.63) is 23.8 Å². The number of aromatic nitrogens is 2. The number of rotatable bonds is 4. The Hall–Kier alpha value is -1.69. The molecule has 6 heteroatoms. The lowest BCUT2D eigenvalue weighted by Gasteiger charge is -2.25. The number of nitrogens with two attached hydrogens (primary N) is 1. The number of benzene rings is 1. The minimum absolute atomic E-state index is 0.0743. The van der Waals surface area contributed by atoms with Crippen LogP contribution in [0.15, 0.2) is 12.1 Å². The molecule has 0 aliphatic rings. The van der Waals surface area contributed by atoms with E-state index in [1.54, 1.807) is 0 Å². The van der Waals surface area contributed by atoms with E-state index < -0.39 is 17.2 Å². The third kappa shape index (κ3) is 2.53. The van der Waals surface area contributed by atoms with Gasteiger partial charge in [0.2, 0.25) is 5.95 Å². The summed E-state index contributed by atoms with van der Waals surface area (Å²) in [5, 5.41) is 0. The molecule has 0 saturated carbocycles. The molecule has 2 N–H and O–H groups in total. The van der Waals surface area contributed by atoms with E-state index in [0.29, 0.717) is 18.7 Å². The molecule has 0 radical (unpaired) electrons. The second kappa shape index (κ2) is 4.77.